The van der Waals surface area contributed by atoms with Gasteiger partial charge in [-0.25, -0.2) is 29.9 Å². The van der Waals surface area contributed by atoms with Crippen LogP contribution in [0.1, 0.15) is 0 Å². The Labute approximate surface area is 350 Å². The standard InChI is InChI=1S/C52H32N8O/c1-3-17-35(18-4-1)45-53-46(36-19-5-2-6-20-36)55-47(54-45)37-23-11-25-39(31-37)51-59-60-52(61-51)40-26-12-24-38(32-40)48-56-49(43-29-13-21-33-15-7-9-27-41(33)43)58-50(57-48)44-30-14-22-34-16-8-10-28-42(34)44/h1-32H. The van der Waals surface area contributed by atoms with Gasteiger partial charge < -0.3 is 4.42 Å². The molecule has 0 aliphatic rings. The van der Waals surface area contributed by atoms with Crippen LogP contribution in [0, 0.1) is 0 Å². The first-order valence-corrected chi connectivity index (χ1v) is 19.8. The Morgan fingerprint density at radius 3 is 1.07 bits per heavy atom. The molecular formula is C52H32N8O. The van der Waals surface area contributed by atoms with Gasteiger partial charge in [-0.15, -0.1) is 10.2 Å². The summed E-state index contributed by atoms with van der Waals surface area (Å²) in [6, 6.07) is 64.4. The molecule has 8 aromatic carbocycles. The van der Waals surface area contributed by atoms with E-state index in [2.05, 4.69) is 58.7 Å². The zero-order valence-electron chi connectivity index (χ0n) is 32.5. The van der Waals surface area contributed by atoms with Crippen molar-refractivity contribution in [1.29, 1.82) is 0 Å². The zero-order valence-corrected chi connectivity index (χ0v) is 32.5. The highest BCUT2D eigenvalue weighted by Gasteiger charge is 2.19. The van der Waals surface area contributed by atoms with E-state index in [0.29, 0.717) is 46.7 Å². The minimum Gasteiger partial charge on any atom is -0.416 e. The van der Waals surface area contributed by atoms with Gasteiger partial charge in [-0.3, -0.25) is 0 Å². The lowest BCUT2D eigenvalue weighted by Gasteiger charge is -2.12. The van der Waals surface area contributed by atoms with Crippen LogP contribution in [-0.4, -0.2) is 40.1 Å². The van der Waals surface area contributed by atoms with Crippen LogP contribution >= 0.6 is 0 Å². The SMILES string of the molecule is c1ccc(-c2nc(-c3ccccc3)nc(-c3cccc(-c4nnc(-c5cccc(-c6nc(-c7cccc8ccccc78)nc(-c7cccc8ccccc78)n6)c5)o4)c3)n2)cc1. The van der Waals surface area contributed by atoms with E-state index in [1.54, 1.807) is 0 Å². The Morgan fingerprint density at radius 1 is 0.262 bits per heavy atom. The molecule has 0 atom stereocenters. The first-order valence-electron chi connectivity index (χ1n) is 19.8. The topological polar surface area (TPSA) is 116 Å². The van der Waals surface area contributed by atoms with E-state index >= 15 is 0 Å². The Kier molecular flexibility index (Phi) is 8.94. The second kappa shape index (κ2) is 15.3. The quantitative estimate of drug-likeness (QED) is 0.148. The number of fused-ring (bicyclic) bond motifs is 2. The van der Waals surface area contributed by atoms with Gasteiger partial charge in [-0.05, 0) is 45.8 Å². The number of nitrogens with zero attached hydrogens (tertiary/aromatic N) is 8. The summed E-state index contributed by atoms with van der Waals surface area (Å²) in [5.74, 6) is 4.11. The summed E-state index contributed by atoms with van der Waals surface area (Å²) in [4.78, 5) is 30.0. The van der Waals surface area contributed by atoms with Crippen LogP contribution < -0.4 is 0 Å². The van der Waals surface area contributed by atoms with Crippen LogP contribution in [-0.2, 0) is 0 Å². The number of aromatic nitrogens is 8. The molecule has 0 N–H and O–H groups in total. The minimum atomic E-state index is 0.359. The number of hydrogen-bond donors (Lipinski definition) is 0. The third-order valence-corrected chi connectivity index (χ3v) is 10.6. The molecule has 0 saturated carbocycles. The van der Waals surface area contributed by atoms with Crippen molar-refractivity contribution in [2.45, 2.75) is 0 Å². The summed E-state index contributed by atoms with van der Waals surface area (Å²) in [5, 5.41) is 13.3. The van der Waals surface area contributed by atoms with Crippen molar-refractivity contribution in [2.24, 2.45) is 0 Å². The van der Waals surface area contributed by atoms with Crippen molar-refractivity contribution in [3.05, 3.63) is 194 Å². The zero-order chi connectivity index (χ0) is 40.5. The second-order valence-corrected chi connectivity index (χ2v) is 14.5. The summed E-state index contributed by atoms with van der Waals surface area (Å²) < 4.78 is 6.38. The van der Waals surface area contributed by atoms with E-state index in [4.69, 9.17) is 34.3 Å². The van der Waals surface area contributed by atoms with Crippen LogP contribution in [0.15, 0.2) is 199 Å². The summed E-state index contributed by atoms with van der Waals surface area (Å²) in [6.07, 6.45) is 0. The van der Waals surface area contributed by atoms with Crippen molar-refractivity contribution < 1.29 is 4.42 Å². The van der Waals surface area contributed by atoms with Gasteiger partial charge >= 0.3 is 0 Å². The fraction of sp³-hybridized carbons (Fsp3) is 0. The molecule has 0 unspecified atom stereocenters. The van der Waals surface area contributed by atoms with Gasteiger partial charge in [0.2, 0.25) is 11.8 Å². The average Bonchev–Trinajstić information content (AvgIpc) is 3.85. The van der Waals surface area contributed by atoms with E-state index in [1.165, 1.54) is 0 Å². The molecule has 9 heteroatoms. The lowest BCUT2D eigenvalue weighted by atomic mass is 10.0. The normalized spacial score (nSPS) is 11.3. The monoisotopic (exact) mass is 784 g/mol. The Morgan fingerprint density at radius 2 is 0.590 bits per heavy atom. The van der Waals surface area contributed by atoms with Crippen LogP contribution in [0.25, 0.3) is 113 Å². The van der Waals surface area contributed by atoms with Gasteiger partial charge in [0.1, 0.15) is 0 Å². The van der Waals surface area contributed by atoms with E-state index in [1.807, 2.05) is 146 Å². The summed E-state index contributed by atoms with van der Waals surface area (Å²) in [7, 11) is 0. The van der Waals surface area contributed by atoms with E-state index < -0.39 is 0 Å². The highest BCUT2D eigenvalue weighted by molar-refractivity contribution is 5.97. The van der Waals surface area contributed by atoms with Gasteiger partial charge in [-0.1, -0.05) is 170 Å². The average molecular weight is 785 g/mol. The first-order chi connectivity index (χ1) is 30.2. The third kappa shape index (κ3) is 6.96. The molecule has 0 aliphatic heterocycles. The first kappa shape index (κ1) is 35.6. The molecule has 0 radical (unpaired) electrons. The highest BCUT2D eigenvalue weighted by Crippen LogP contribution is 2.34. The molecule has 9 nitrogen and oxygen atoms in total. The van der Waals surface area contributed by atoms with E-state index in [-0.39, 0.29) is 0 Å². The van der Waals surface area contributed by atoms with Crippen molar-refractivity contribution in [1.82, 2.24) is 40.1 Å². The molecule has 11 rings (SSSR count). The maximum Gasteiger partial charge on any atom is 0.248 e. The van der Waals surface area contributed by atoms with Gasteiger partial charge in [0, 0.05) is 44.5 Å². The van der Waals surface area contributed by atoms with Crippen LogP contribution in [0.3, 0.4) is 0 Å². The maximum atomic E-state index is 6.38. The predicted octanol–water partition coefficient (Wildman–Crippen LogP) is 12.1. The lowest BCUT2D eigenvalue weighted by Crippen LogP contribution is -2.01. The molecule has 0 aliphatic carbocycles. The van der Waals surface area contributed by atoms with Gasteiger partial charge in [0.05, 0.1) is 0 Å². The lowest BCUT2D eigenvalue weighted by molar-refractivity contribution is 0.584. The Bertz CT molecular complexity index is 3220. The molecule has 3 heterocycles. The van der Waals surface area contributed by atoms with E-state index in [0.717, 1.165) is 66.1 Å². The van der Waals surface area contributed by atoms with Gasteiger partial charge in [-0.2, -0.15) is 0 Å². The molecule has 0 bridgehead atoms. The molecule has 11 aromatic rings. The molecule has 61 heavy (non-hydrogen) atoms. The fourth-order valence-corrected chi connectivity index (χ4v) is 7.56. The predicted molar refractivity (Wildman–Crippen MR) is 240 cm³/mol. The maximum absolute atomic E-state index is 6.38. The van der Waals surface area contributed by atoms with Crippen molar-refractivity contribution in [3.63, 3.8) is 0 Å². The minimum absolute atomic E-state index is 0.359. The molecule has 286 valence electrons. The molecule has 0 amide bonds. The number of benzene rings is 8. The second-order valence-electron chi connectivity index (χ2n) is 14.5. The summed E-state index contributed by atoms with van der Waals surface area (Å²) >= 11 is 0. The highest BCUT2D eigenvalue weighted by atomic mass is 16.4. The van der Waals surface area contributed by atoms with Crippen LogP contribution in [0.2, 0.25) is 0 Å². The van der Waals surface area contributed by atoms with Crippen LogP contribution in [0.5, 0.6) is 0 Å². The molecule has 0 spiro atoms. The number of hydrogen-bond acceptors (Lipinski definition) is 9. The van der Waals surface area contributed by atoms with Crippen molar-refractivity contribution >= 4 is 21.5 Å². The number of rotatable bonds is 8. The van der Waals surface area contributed by atoms with Gasteiger partial charge in [0.15, 0.2) is 34.9 Å². The third-order valence-electron chi connectivity index (χ3n) is 10.6. The van der Waals surface area contributed by atoms with Gasteiger partial charge in [0.25, 0.3) is 0 Å². The smallest absolute Gasteiger partial charge is 0.248 e. The fourth-order valence-electron chi connectivity index (χ4n) is 7.56. The van der Waals surface area contributed by atoms with Crippen molar-refractivity contribution in [2.75, 3.05) is 0 Å². The van der Waals surface area contributed by atoms with Crippen LogP contribution in [0.4, 0.5) is 0 Å². The summed E-state index contributed by atoms with van der Waals surface area (Å²) in [5.41, 5.74) is 6.67. The Balaban J connectivity index is 0.971. The van der Waals surface area contributed by atoms with Crippen molar-refractivity contribution in [3.8, 4) is 91.2 Å². The summed E-state index contributed by atoms with van der Waals surface area (Å²) in [6.45, 7) is 0. The molecular weight excluding hydrogens is 753 g/mol. The molecule has 0 fully saturated rings. The Hall–Kier alpha value is -8.56. The largest absolute Gasteiger partial charge is 0.416 e. The molecule has 3 aromatic heterocycles. The van der Waals surface area contributed by atoms with E-state index in [9.17, 15) is 0 Å². The molecule has 0 saturated heterocycles.